The van der Waals surface area contributed by atoms with Crippen LogP contribution < -0.4 is 4.74 Å². The Labute approximate surface area is 102 Å². The summed E-state index contributed by atoms with van der Waals surface area (Å²) in [6.07, 6.45) is 1.13. The van der Waals surface area contributed by atoms with E-state index in [0.29, 0.717) is 0 Å². The maximum atomic E-state index is 13.2. The van der Waals surface area contributed by atoms with Crippen molar-refractivity contribution in [2.75, 3.05) is 0 Å². The Morgan fingerprint density at radius 3 is 2.67 bits per heavy atom. The Kier molecular flexibility index (Phi) is 3.47. The van der Waals surface area contributed by atoms with Gasteiger partial charge in [0.05, 0.1) is 4.92 Å². The van der Waals surface area contributed by atoms with E-state index in [9.17, 15) is 14.5 Å². The van der Waals surface area contributed by atoms with Crippen molar-refractivity contribution in [3.8, 4) is 5.75 Å². The smallest absolute Gasteiger partial charge is 0.365 e. The van der Waals surface area contributed by atoms with Gasteiger partial charge in [0.1, 0.15) is 6.61 Å². The number of aromatic nitrogens is 1. The van der Waals surface area contributed by atoms with Crippen LogP contribution in [-0.2, 0) is 6.61 Å². The summed E-state index contributed by atoms with van der Waals surface area (Å²) in [5.41, 5.74) is 0.0949. The predicted octanol–water partition coefficient (Wildman–Crippen LogP) is 2.71. The SMILES string of the molecule is O=[N+]([O-])c1c(OCc2ccccc2)ccnc1F. The molecule has 0 radical (unpaired) electrons. The third kappa shape index (κ3) is 2.60. The summed E-state index contributed by atoms with van der Waals surface area (Å²) in [7, 11) is 0. The average molecular weight is 248 g/mol. The van der Waals surface area contributed by atoms with Crippen LogP contribution in [0, 0.1) is 16.1 Å². The van der Waals surface area contributed by atoms with E-state index in [0.717, 1.165) is 11.8 Å². The number of nitrogens with zero attached hydrogens (tertiary/aromatic N) is 2. The molecule has 0 fully saturated rings. The van der Waals surface area contributed by atoms with Crippen LogP contribution in [0.5, 0.6) is 5.75 Å². The molecule has 6 heteroatoms. The number of benzene rings is 1. The number of ether oxygens (including phenoxy) is 1. The van der Waals surface area contributed by atoms with Crippen molar-refractivity contribution in [1.82, 2.24) is 4.98 Å². The van der Waals surface area contributed by atoms with Crippen molar-refractivity contribution in [2.24, 2.45) is 0 Å². The van der Waals surface area contributed by atoms with E-state index < -0.39 is 16.6 Å². The topological polar surface area (TPSA) is 65.3 Å². The molecular weight excluding hydrogens is 239 g/mol. The van der Waals surface area contributed by atoms with Crippen molar-refractivity contribution in [3.05, 3.63) is 64.2 Å². The normalized spacial score (nSPS) is 10.1. The fourth-order valence-electron chi connectivity index (χ4n) is 1.43. The molecule has 0 bridgehead atoms. The molecule has 1 aromatic heterocycles. The van der Waals surface area contributed by atoms with Gasteiger partial charge in [0.25, 0.3) is 5.95 Å². The van der Waals surface area contributed by atoms with Crippen LogP contribution in [0.15, 0.2) is 42.6 Å². The predicted molar refractivity (Wildman–Crippen MR) is 61.6 cm³/mol. The molecule has 0 atom stereocenters. The van der Waals surface area contributed by atoms with E-state index in [-0.39, 0.29) is 12.4 Å². The molecule has 0 saturated carbocycles. The summed E-state index contributed by atoms with van der Waals surface area (Å²) in [5, 5.41) is 10.7. The second-order valence-corrected chi connectivity index (χ2v) is 3.48. The first-order chi connectivity index (χ1) is 8.68. The standard InChI is InChI=1S/C12H9FN2O3/c13-12-11(15(16)17)10(6-7-14-12)18-8-9-4-2-1-3-5-9/h1-7H,8H2. The van der Waals surface area contributed by atoms with Gasteiger partial charge in [-0.2, -0.15) is 4.39 Å². The quantitative estimate of drug-likeness (QED) is 0.474. The first kappa shape index (κ1) is 12.0. The molecule has 1 aromatic carbocycles. The molecule has 1 heterocycles. The number of rotatable bonds is 4. The van der Waals surface area contributed by atoms with Gasteiger partial charge >= 0.3 is 5.69 Å². The molecule has 0 aliphatic heterocycles. The van der Waals surface area contributed by atoms with E-state index >= 15 is 0 Å². The highest BCUT2D eigenvalue weighted by Crippen LogP contribution is 2.28. The molecule has 18 heavy (non-hydrogen) atoms. The lowest BCUT2D eigenvalue weighted by Gasteiger charge is -2.06. The van der Waals surface area contributed by atoms with E-state index in [1.807, 2.05) is 30.3 Å². The lowest BCUT2D eigenvalue weighted by atomic mass is 10.2. The third-order valence-corrected chi connectivity index (χ3v) is 2.26. The number of hydrogen-bond donors (Lipinski definition) is 0. The first-order valence-corrected chi connectivity index (χ1v) is 5.14. The molecule has 0 amide bonds. The highest BCUT2D eigenvalue weighted by molar-refractivity contribution is 5.44. The summed E-state index contributed by atoms with van der Waals surface area (Å²) >= 11 is 0. The number of pyridine rings is 1. The molecular formula is C12H9FN2O3. The Balaban J connectivity index is 2.20. The van der Waals surface area contributed by atoms with E-state index in [4.69, 9.17) is 4.74 Å². The summed E-state index contributed by atoms with van der Waals surface area (Å²) in [4.78, 5) is 13.1. The van der Waals surface area contributed by atoms with Crippen LogP contribution >= 0.6 is 0 Å². The Bertz CT molecular complexity index is 561. The van der Waals surface area contributed by atoms with E-state index in [1.54, 1.807) is 0 Å². The van der Waals surface area contributed by atoms with E-state index in [2.05, 4.69) is 4.98 Å². The lowest BCUT2D eigenvalue weighted by Crippen LogP contribution is -2.02. The number of nitro groups is 1. The summed E-state index contributed by atoms with van der Waals surface area (Å²) < 4.78 is 18.4. The van der Waals surface area contributed by atoms with Crippen molar-refractivity contribution < 1.29 is 14.1 Å². The minimum atomic E-state index is -1.15. The summed E-state index contributed by atoms with van der Waals surface area (Å²) in [5.74, 6) is -1.28. The van der Waals surface area contributed by atoms with Gasteiger partial charge in [0.2, 0.25) is 5.75 Å². The minimum Gasteiger partial charge on any atom is -0.482 e. The number of halogens is 1. The van der Waals surface area contributed by atoms with Crippen LogP contribution in [0.2, 0.25) is 0 Å². The molecule has 0 spiro atoms. The molecule has 0 saturated heterocycles. The third-order valence-electron chi connectivity index (χ3n) is 2.26. The molecule has 0 N–H and O–H groups in total. The lowest BCUT2D eigenvalue weighted by molar-refractivity contribution is -0.389. The maximum absolute atomic E-state index is 13.2. The Morgan fingerprint density at radius 1 is 1.28 bits per heavy atom. The molecule has 2 rings (SSSR count). The summed E-state index contributed by atoms with van der Waals surface area (Å²) in [6.45, 7) is 0.130. The summed E-state index contributed by atoms with van der Waals surface area (Å²) in [6, 6.07) is 10.4. The van der Waals surface area contributed by atoms with Gasteiger partial charge in [0, 0.05) is 12.3 Å². The van der Waals surface area contributed by atoms with Gasteiger partial charge in [-0.15, -0.1) is 0 Å². The second-order valence-electron chi connectivity index (χ2n) is 3.48. The van der Waals surface area contributed by atoms with Crippen LogP contribution in [0.1, 0.15) is 5.56 Å². The van der Waals surface area contributed by atoms with Gasteiger partial charge in [-0.3, -0.25) is 10.1 Å². The zero-order valence-corrected chi connectivity index (χ0v) is 9.25. The first-order valence-electron chi connectivity index (χ1n) is 5.14. The molecule has 0 aliphatic carbocycles. The Hall–Kier alpha value is -2.50. The molecule has 92 valence electrons. The maximum Gasteiger partial charge on any atom is 0.365 e. The monoisotopic (exact) mass is 248 g/mol. The van der Waals surface area contributed by atoms with Gasteiger partial charge in [-0.05, 0) is 5.56 Å². The van der Waals surface area contributed by atoms with Crippen molar-refractivity contribution in [3.63, 3.8) is 0 Å². The molecule has 0 aliphatic rings. The second kappa shape index (κ2) is 5.22. The van der Waals surface area contributed by atoms with Crippen LogP contribution in [0.25, 0.3) is 0 Å². The largest absolute Gasteiger partial charge is 0.482 e. The molecule has 0 unspecified atom stereocenters. The van der Waals surface area contributed by atoms with Crippen molar-refractivity contribution in [1.29, 1.82) is 0 Å². The number of hydrogen-bond acceptors (Lipinski definition) is 4. The van der Waals surface area contributed by atoms with Crippen LogP contribution in [0.3, 0.4) is 0 Å². The highest BCUT2D eigenvalue weighted by Gasteiger charge is 2.22. The van der Waals surface area contributed by atoms with Crippen LogP contribution in [0.4, 0.5) is 10.1 Å². The average Bonchev–Trinajstić information content (AvgIpc) is 2.37. The fourth-order valence-corrected chi connectivity index (χ4v) is 1.43. The Morgan fingerprint density at radius 2 is 2.00 bits per heavy atom. The zero-order chi connectivity index (χ0) is 13.0. The fraction of sp³-hybridized carbons (Fsp3) is 0.0833. The van der Waals surface area contributed by atoms with Gasteiger partial charge < -0.3 is 4.74 Å². The highest BCUT2D eigenvalue weighted by atomic mass is 19.1. The molecule has 5 nitrogen and oxygen atoms in total. The van der Waals surface area contributed by atoms with Gasteiger partial charge in [0.15, 0.2) is 0 Å². The van der Waals surface area contributed by atoms with Crippen molar-refractivity contribution >= 4 is 5.69 Å². The van der Waals surface area contributed by atoms with E-state index in [1.165, 1.54) is 6.07 Å². The van der Waals surface area contributed by atoms with Gasteiger partial charge in [-0.1, -0.05) is 30.3 Å². The zero-order valence-electron chi connectivity index (χ0n) is 9.25. The minimum absolute atomic E-state index is 0.128. The van der Waals surface area contributed by atoms with Gasteiger partial charge in [-0.25, -0.2) is 4.98 Å². The van der Waals surface area contributed by atoms with Crippen molar-refractivity contribution in [2.45, 2.75) is 6.61 Å². The van der Waals surface area contributed by atoms with Crippen LogP contribution in [-0.4, -0.2) is 9.91 Å². The molecule has 2 aromatic rings.